The number of hydrogen-bond acceptors (Lipinski definition) is 12. The molecule has 262 valence electrons. The molecule has 4 fully saturated rings. The van der Waals surface area contributed by atoms with Crippen molar-refractivity contribution in [3.8, 4) is 0 Å². The summed E-state index contributed by atoms with van der Waals surface area (Å²) in [6, 6.07) is 0. The minimum absolute atomic E-state index is 0.0225. The molecule has 1 heterocycles. The Morgan fingerprint density at radius 2 is 1.94 bits per heavy atom. The summed E-state index contributed by atoms with van der Waals surface area (Å²) >= 11 is 0. The van der Waals surface area contributed by atoms with Crippen LogP contribution in [0, 0.1) is 28.6 Å². The van der Waals surface area contributed by atoms with Gasteiger partial charge in [0.05, 0.1) is 30.6 Å². The van der Waals surface area contributed by atoms with E-state index in [0.29, 0.717) is 38.5 Å². The van der Waals surface area contributed by atoms with E-state index in [2.05, 4.69) is 17.1 Å². The van der Waals surface area contributed by atoms with Gasteiger partial charge in [-0.2, -0.15) is 0 Å². The molecule has 0 aromatic rings. The van der Waals surface area contributed by atoms with Crippen molar-refractivity contribution >= 4 is 23.4 Å². The van der Waals surface area contributed by atoms with Crippen LogP contribution in [0.5, 0.6) is 0 Å². The van der Waals surface area contributed by atoms with Gasteiger partial charge in [0.2, 0.25) is 11.7 Å². The van der Waals surface area contributed by atoms with Crippen molar-refractivity contribution in [1.82, 2.24) is 10.7 Å². The Hall–Kier alpha value is -2.52. The summed E-state index contributed by atoms with van der Waals surface area (Å²) in [5.41, 5.74) is -1.51. The first-order valence-electron chi connectivity index (χ1n) is 17.1. The van der Waals surface area contributed by atoms with Crippen LogP contribution in [0.3, 0.4) is 0 Å². The quantitative estimate of drug-likeness (QED) is 0.114. The fourth-order valence-corrected chi connectivity index (χ4v) is 9.43. The molecule has 0 radical (unpaired) electrons. The molecule has 3 unspecified atom stereocenters. The number of nitrogens with zero attached hydrogens (tertiary/aromatic N) is 1. The van der Waals surface area contributed by atoms with Crippen molar-refractivity contribution in [2.24, 2.45) is 28.6 Å². The van der Waals surface area contributed by atoms with Crippen LogP contribution in [0.25, 0.3) is 0 Å². The number of amides is 1. The zero-order valence-corrected chi connectivity index (χ0v) is 27.7. The van der Waals surface area contributed by atoms with E-state index in [4.69, 9.17) is 24.6 Å². The van der Waals surface area contributed by atoms with Gasteiger partial charge in [0.1, 0.15) is 0 Å². The van der Waals surface area contributed by atoms with Gasteiger partial charge in [-0.05, 0) is 68.9 Å². The van der Waals surface area contributed by atoms with Gasteiger partial charge in [-0.25, -0.2) is 0 Å². The minimum atomic E-state index is -1.37. The summed E-state index contributed by atoms with van der Waals surface area (Å²) in [7, 11) is 0. The second-order valence-electron chi connectivity index (χ2n) is 14.2. The summed E-state index contributed by atoms with van der Waals surface area (Å²) in [5, 5.41) is 31.2. The predicted octanol–water partition coefficient (Wildman–Crippen LogP) is 3.35. The van der Waals surface area contributed by atoms with E-state index < -0.39 is 47.5 Å². The second-order valence-corrected chi connectivity index (χ2v) is 14.2. The number of ether oxygens (including phenoxy) is 3. The first kappa shape index (κ1) is 35.8. The number of fused-ring (bicyclic) bond motifs is 7. The number of esters is 1. The van der Waals surface area contributed by atoms with Crippen molar-refractivity contribution in [2.45, 2.75) is 115 Å². The fraction of sp³-hybridized carbons (Fsp3) is 0.765. The average Bonchev–Trinajstić information content (AvgIpc) is 3.49. The van der Waals surface area contributed by atoms with Crippen LogP contribution in [0.15, 0.2) is 23.8 Å². The molecule has 1 amide bonds. The molecule has 1 aliphatic heterocycles. The maximum absolute atomic E-state index is 14.2. The minimum Gasteiger partial charge on any atom is -0.457 e. The van der Waals surface area contributed by atoms with E-state index in [1.807, 2.05) is 19.9 Å². The Morgan fingerprint density at radius 1 is 1.15 bits per heavy atom. The highest BCUT2D eigenvalue weighted by molar-refractivity contribution is 6.01. The lowest BCUT2D eigenvalue weighted by Gasteiger charge is -2.59. The van der Waals surface area contributed by atoms with Gasteiger partial charge < -0.3 is 24.6 Å². The smallest absolute Gasteiger partial charge is 0.308 e. The second kappa shape index (κ2) is 14.5. The summed E-state index contributed by atoms with van der Waals surface area (Å²) < 4.78 is 18.5. The van der Waals surface area contributed by atoms with E-state index in [9.17, 15) is 24.3 Å². The number of unbranched alkanes of at least 4 members (excludes halogenated alkanes) is 2. The predicted molar refractivity (Wildman–Crippen MR) is 164 cm³/mol. The van der Waals surface area contributed by atoms with Crippen LogP contribution >= 0.6 is 0 Å². The molecule has 1 saturated heterocycles. The van der Waals surface area contributed by atoms with Gasteiger partial charge in [0, 0.05) is 29.7 Å². The zero-order chi connectivity index (χ0) is 34.0. The lowest BCUT2D eigenvalue weighted by atomic mass is 9.46. The largest absolute Gasteiger partial charge is 0.457 e. The molecule has 0 aromatic carbocycles. The van der Waals surface area contributed by atoms with Crippen LogP contribution in [0.2, 0.25) is 0 Å². The summed E-state index contributed by atoms with van der Waals surface area (Å²) in [5.74, 6) is -1.24. The summed E-state index contributed by atoms with van der Waals surface area (Å²) in [6.45, 7) is 5.83. The molecule has 0 aromatic heterocycles. The Labute approximate surface area is 275 Å². The Kier molecular flexibility index (Phi) is 11.1. The lowest BCUT2D eigenvalue weighted by molar-refractivity contribution is -0.492. The number of carbonyl (C=O) groups excluding carboxylic acids is 4. The normalized spacial score (nSPS) is 37.1. The topological polar surface area (TPSA) is 181 Å². The lowest BCUT2D eigenvalue weighted by Crippen LogP contribution is -2.63. The number of nitrogens with one attached hydrogen (secondary N) is 1. The SMILES string of the molecule is CCCC1O[C@@H]2CC3[C@@H]4CCC5=CC(=O)C=C[C@]5(C)C4[C@@H](O)C[C@]3(C)[C@]2(C(=O)COC(=O)CCNC(=O)CCCCCON(O)O)O1. The average molecular weight is 663 g/mol. The number of allylic oxidation sites excluding steroid dienone is 4. The van der Waals surface area contributed by atoms with E-state index in [1.54, 1.807) is 12.2 Å². The third-order valence-corrected chi connectivity index (χ3v) is 11.5. The van der Waals surface area contributed by atoms with Crippen LogP contribution < -0.4 is 5.32 Å². The molecule has 5 aliphatic rings. The van der Waals surface area contributed by atoms with Crippen LogP contribution in [-0.4, -0.2) is 88.2 Å². The summed E-state index contributed by atoms with van der Waals surface area (Å²) in [6.07, 6.45) is 9.21. The number of aliphatic hydroxyl groups is 1. The highest BCUT2D eigenvalue weighted by Gasteiger charge is 2.75. The third kappa shape index (κ3) is 6.85. The van der Waals surface area contributed by atoms with E-state index >= 15 is 0 Å². The standard InChI is InChI=1S/C34H50N2O11/c1-4-8-30-46-27-18-24-23-11-10-21-17-22(37)12-14-32(21,2)31(23)25(38)19-33(24,3)34(27,47-30)26(39)20-44-29(41)13-15-35-28(40)9-6-5-7-16-45-36(42)43/h12,14,17,23-25,27,30-31,38,42-43H,4-11,13,15-16,18-20H2,1-3H3,(H,35,40)/t23-,24?,25-,27+,30?,31?,32-,33-,34+/m0/s1. The maximum atomic E-state index is 14.2. The van der Waals surface area contributed by atoms with Crippen LogP contribution in [0.1, 0.15) is 91.4 Å². The number of hydrogen-bond donors (Lipinski definition) is 4. The van der Waals surface area contributed by atoms with E-state index in [-0.39, 0.29) is 66.6 Å². The molecular weight excluding hydrogens is 612 g/mol. The monoisotopic (exact) mass is 662 g/mol. The number of Topliss-reactive ketones (excluding diaryl/α,β-unsaturated/α-hetero) is 1. The van der Waals surface area contributed by atoms with Gasteiger partial charge in [-0.3, -0.25) is 34.4 Å². The molecule has 3 saturated carbocycles. The first-order chi connectivity index (χ1) is 22.4. The number of ketones is 2. The Morgan fingerprint density at radius 3 is 2.68 bits per heavy atom. The van der Waals surface area contributed by atoms with E-state index in [0.717, 1.165) is 24.8 Å². The van der Waals surface area contributed by atoms with Gasteiger partial charge >= 0.3 is 5.97 Å². The zero-order valence-electron chi connectivity index (χ0n) is 27.7. The Balaban J connectivity index is 1.20. The van der Waals surface area contributed by atoms with Gasteiger partial charge in [0.15, 0.2) is 24.3 Å². The number of carbonyl (C=O) groups is 4. The van der Waals surface area contributed by atoms with Gasteiger partial charge in [0.25, 0.3) is 0 Å². The van der Waals surface area contributed by atoms with Crippen molar-refractivity contribution in [3.05, 3.63) is 23.8 Å². The van der Waals surface area contributed by atoms with E-state index in [1.165, 1.54) is 0 Å². The van der Waals surface area contributed by atoms with Crippen molar-refractivity contribution in [1.29, 1.82) is 0 Å². The van der Waals surface area contributed by atoms with Crippen LogP contribution in [0.4, 0.5) is 0 Å². The molecule has 4 aliphatic carbocycles. The Bertz CT molecular complexity index is 1270. The molecule has 13 heteroatoms. The van der Waals surface area contributed by atoms with Crippen molar-refractivity contribution in [2.75, 3.05) is 19.8 Å². The van der Waals surface area contributed by atoms with Crippen molar-refractivity contribution < 1.29 is 53.7 Å². The van der Waals surface area contributed by atoms with Gasteiger partial charge in [-0.15, -0.1) is 0 Å². The third-order valence-electron chi connectivity index (χ3n) is 11.5. The molecule has 4 N–H and O–H groups in total. The molecule has 5 rings (SSSR count). The molecule has 13 nitrogen and oxygen atoms in total. The first-order valence-corrected chi connectivity index (χ1v) is 17.1. The maximum Gasteiger partial charge on any atom is 0.308 e. The van der Waals surface area contributed by atoms with Crippen LogP contribution in [-0.2, 0) is 38.2 Å². The highest BCUT2D eigenvalue weighted by Crippen LogP contribution is 2.69. The summed E-state index contributed by atoms with van der Waals surface area (Å²) in [4.78, 5) is 55.6. The molecule has 47 heavy (non-hydrogen) atoms. The number of aliphatic hydroxyl groups excluding tert-OH is 1. The fourth-order valence-electron chi connectivity index (χ4n) is 9.43. The van der Waals surface area contributed by atoms with Crippen molar-refractivity contribution in [3.63, 3.8) is 0 Å². The van der Waals surface area contributed by atoms with Gasteiger partial charge in [-0.1, -0.05) is 45.3 Å². The molecule has 9 atom stereocenters. The molecule has 0 spiro atoms. The number of rotatable bonds is 15. The molecule has 0 bridgehead atoms. The molecular formula is C34H50N2O11. The highest BCUT2D eigenvalue weighted by atomic mass is 17.1.